The molecule has 2 atom stereocenters. The van der Waals surface area contributed by atoms with Crippen LogP contribution in [0.1, 0.15) is 50.4 Å². The normalized spacial score (nSPS) is 18.3. The van der Waals surface area contributed by atoms with E-state index in [9.17, 15) is 24.3 Å². The highest BCUT2D eigenvalue weighted by molar-refractivity contribution is 7.20. The maximum absolute atomic E-state index is 13.6. The number of alkyl halides is 3. The molecule has 1 aliphatic heterocycles. The number of urea groups is 1. The van der Waals surface area contributed by atoms with Crippen LogP contribution in [0.5, 0.6) is 0 Å². The minimum atomic E-state index is -2.35. The number of carboxylic acid groups (broad SMARTS) is 1. The molecule has 0 spiro atoms. The number of amides is 5. The summed E-state index contributed by atoms with van der Waals surface area (Å²) in [7, 11) is 0. The number of thiophene rings is 1. The van der Waals surface area contributed by atoms with Crippen molar-refractivity contribution >= 4 is 75.1 Å². The summed E-state index contributed by atoms with van der Waals surface area (Å²) in [6.07, 6.45) is 0.984. The Morgan fingerprint density at radius 3 is 2.29 bits per heavy atom. The SMILES string of the molecule is CC(C)(C)C1[C@@H](NC(=O)c2cc(-c3ccccc3)sc2NC(=O)NC(=O)C(Cl)(Cl)Cl)CCCCN1C(=O)O. The lowest BCUT2D eigenvalue weighted by Gasteiger charge is -2.42. The van der Waals surface area contributed by atoms with Crippen molar-refractivity contribution in [2.75, 3.05) is 11.9 Å². The van der Waals surface area contributed by atoms with Gasteiger partial charge in [0.1, 0.15) is 5.00 Å². The van der Waals surface area contributed by atoms with Crippen LogP contribution in [-0.2, 0) is 4.79 Å². The number of hydrogen-bond acceptors (Lipinski definition) is 5. The van der Waals surface area contributed by atoms with Crippen molar-refractivity contribution in [2.45, 2.75) is 55.9 Å². The summed E-state index contributed by atoms with van der Waals surface area (Å²) in [5, 5.41) is 17.5. The van der Waals surface area contributed by atoms with Gasteiger partial charge in [0.05, 0.1) is 17.6 Å². The number of hydrogen-bond donors (Lipinski definition) is 4. The molecule has 13 heteroatoms. The first kappa shape index (κ1) is 30.0. The summed E-state index contributed by atoms with van der Waals surface area (Å²) < 4.78 is -2.35. The number of likely N-dealkylation sites (tertiary alicyclic amines) is 1. The molecule has 1 fully saturated rings. The molecule has 0 radical (unpaired) electrons. The average molecular weight is 604 g/mol. The highest BCUT2D eigenvalue weighted by Gasteiger charge is 2.41. The molecule has 0 bridgehead atoms. The summed E-state index contributed by atoms with van der Waals surface area (Å²) in [6, 6.07) is 8.98. The smallest absolute Gasteiger partial charge is 0.407 e. The highest BCUT2D eigenvalue weighted by atomic mass is 35.6. The van der Waals surface area contributed by atoms with Gasteiger partial charge in [0.25, 0.3) is 15.6 Å². The molecule has 1 saturated heterocycles. The minimum absolute atomic E-state index is 0.157. The first-order chi connectivity index (χ1) is 17.7. The van der Waals surface area contributed by atoms with Crippen LogP contribution in [0.4, 0.5) is 14.6 Å². The summed E-state index contributed by atoms with van der Waals surface area (Å²) in [5.41, 5.74) is 0.517. The molecule has 1 aromatic carbocycles. The molecule has 38 heavy (non-hydrogen) atoms. The number of rotatable bonds is 4. The highest BCUT2D eigenvalue weighted by Crippen LogP contribution is 2.37. The van der Waals surface area contributed by atoms with E-state index in [1.165, 1.54) is 4.90 Å². The molecule has 1 aliphatic rings. The fourth-order valence-electron chi connectivity index (χ4n) is 4.55. The lowest BCUT2D eigenvalue weighted by Crippen LogP contribution is -2.58. The molecule has 0 saturated carbocycles. The molecule has 206 valence electrons. The summed E-state index contributed by atoms with van der Waals surface area (Å²) in [6.45, 7) is 6.20. The van der Waals surface area contributed by atoms with E-state index < -0.39 is 45.2 Å². The van der Waals surface area contributed by atoms with Crippen LogP contribution in [-0.4, -0.2) is 56.4 Å². The van der Waals surface area contributed by atoms with Crippen molar-refractivity contribution < 1.29 is 24.3 Å². The molecule has 1 unspecified atom stereocenters. The van der Waals surface area contributed by atoms with E-state index in [-0.39, 0.29) is 10.6 Å². The van der Waals surface area contributed by atoms with Gasteiger partial charge in [-0.2, -0.15) is 0 Å². The largest absolute Gasteiger partial charge is 0.465 e. The number of carbonyl (C=O) groups excluding carboxylic acids is 3. The third-order valence-corrected chi connectivity index (χ3v) is 7.69. The molecular formula is C25H29Cl3N4O5S. The second kappa shape index (κ2) is 12.1. The van der Waals surface area contributed by atoms with Crippen LogP contribution >= 0.6 is 46.1 Å². The van der Waals surface area contributed by atoms with Crippen LogP contribution in [0.25, 0.3) is 10.4 Å². The van der Waals surface area contributed by atoms with Crippen molar-refractivity contribution in [1.82, 2.24) is 15.5 Å². The molecule has 9 nitrogen and oxygen atoms in total. The Labute approximate surface area is 239 Å². The van der Waals surface area contributed by atoms with E-state index in [2.05, 4.69) is 10.6 Å². The van der Waals surface area contributed by atoms with Crippen LogP contribution in [0.15, 0.2) is 36.4 Å². The average Bonchev–Trinajstić information content (AvgIpc) is 3.10. The van der Waals surface area contributed by atoms with Crippen molar-refractivity contribution in [2.24, 2.45) is 5.41 Å². The quantitative estimate of drug-likeness (QED) is 0.314. The zero-order valence-electron chi connectivity index (χ0n) is 21.0. The first-order valence-electron chi connectivity index (χ1n) is 11.9. The Kier molecular flexibility index (Phi) is 9.57. The van der Waals surface area contributed by atoms with Crippen LogP contribution < -0.4 is 16.0 Å². The molecule has 5 amide bonds. The monoisotopic (exact) mass is 602 g/mol. The van der Waals surface area contributed by atoms with Gasteiger partial charge in [-0.3, -0.25) is 20.2 Å². The van der Waals surface area contributed by atoms with E-state index in [0.29, 0.717) is 24.3 Å². The maximum Gasteiger partial charge on any atom is 0.407 e. The second-order valence-corrected chi connectivity index (χ2v) is 13.3. The molecular weight excluding hydrogens is 575 g/mol. The predicted octanol–water partition coefficient (Wildman–Crippen LogP) is 6.11. The number of carbonyl (C=O) groups is 4. The Hall–Kier alpha value is -2.53. The second-order valence-electron chi connectivity index (χ2n) is 9.99. The van der Waals surface area contributed by atoms with E-state index in [1.54, 1.807) is 6.07 Å². The van der Waals surface area contributed by atoms with E-state index in [0.717, 1.165) is 23.3 Å². The molecule has 3 rings (SSSR count). The standard InChI is InChI=1S/C25H29Cl3N4O5S/c1-24(2,3)18-16(11-7-8-12-32(18)23(36)37)29-19(33)15-13-17(14-9-5-4-6-10-14)38-20(15)30-22(35)31-21(34)25(26,27)28/h4-6,9-10,13,16,18H,7-8,11-12H2,1-3H3,(H,29,33)(H,36,37)(H2,30,31,34,35)/t16-,18?/m0/s1. The fraction of sp³-hybridized carbons (Fsp3) is 0.440. The van der Waals surface area contributed by atoms with E-state index in [4.69, 9.17) is 34.8 Å². The molecule has 2 heterocycles. The molecule has 2 aromatic rings. The maximum atomic E-state index is 13.6. The van der Waals surface area contributed by atoms with Gasteiger partial charge >= 0.3 is 12.1 Å². The predicted molar refractivity (Wildman–Crippen MR) is 150 cm³/mol. The first-order valence-corrected chi connectivity index (χ1v) is 13.8. The number of benzene rings is 1. The van der Waals surface area contributed by atoms with Gasteiger partial charge in [-0.25, -0.2) is 9.59 Å². The van der Waals surface area contributed by atoms with Gasteiger partial charge in [0.2, 0.25) is 0 Å². The zero-order valence-corrected chi connectivity index (χ0v) is 24.1. The number of nitrogens with zero attached hydrogens (tertiary/aromatic N) is 1. The molecule has 4 N–H and O–H groups in total. The Morgan fingerprint density at radius 2 is 1.71 bits per heavy atom. The van der Waals surface area contributed by atoms with Crippen molar-refractivity contribution in [3.63, 3.8) is 0 Å². The summed E-state index contributed by atoms with van der Waals surface area (Å²) >= 11 is 17.7. The van der Waals surface area contributed by atoms with Gasteiger partial charge < -0.3 is 15.3 Å². The topological polar surface area (TPSA) is 128 Å². The zero-order chi connectivity index (χ0) is 28.3. The lowest BCUT2D eigenvalue weighted by atomic mass is 9.80. The Balaban J connectivity index is 1.94. The number of imide groups is 1. The van der Waals surface area contributed by atoms with Gasteiger partial charge in [-0.05, 0) is 36.3 Å². The summed E-state index contributed by atoms with van der Waals surface area (Å²) in [4.78, 5) is 52.2. The van der Waals surface area contributed by atoms with Crippen molar-refractivity contribution in [1.29, 1.82) is 0 Å². The van der Waals surface area contributed by atoms with Gasteiger partial charge in [-0.15, -0.1) is 11.3 Å². The fourth-order valence-corrected chi connectivity index (χ4v) is 5.75. The van der Waals surface area contributed by atoms with Gasteiger partial charge in [0, 0.05) is 11.4 Å². The molecule has 0 aliphatic carbocycles. The van der Waals surface area contributed by atoms with Crippen molar-refractivity contribution in [3.8, 4) is 10.4 Å². The number of anilines is 1. The Morgan fingerprint density at radius 1 is 1.05 bits per heavy atom. The van der Waals surface area contributed by atoms with Crippen LogP contribution in [0.3, 0.4) is 0 Å². The summed E-state index contributed by atoms with van der Waals surface area (Å²) in [5.74, 6) is -1.64. The van der Waals surface area contributed by atoms with E-state index >= 15 is 0 Å². The number of halogens is 3. The third kappa shape index (κ3) is 7.53. The third-order valence-electron chi connectivity index (χ3n) is 6.08. The Bertz CT molecular complexity index is 1190. The molecule has 1 aromatic heterocycles. The van der Waals surface area contributed by atoms with Crippen LogP contribution in [0, 0.1) is 5.41 Å². The van der Waals surface area contributed by atoms with Gasteiger partial charge in [-0.1, -0.05) is 85.9 Å². The van der Waals surface area contributed by atoms with E-state index in [1.807, 2.05) is 56.4 Å². The van der Waals surface area contributed by atoms with Gasteiger partial charge in [0.15, 0.2) is 0 Å². The minimum Gasteiger partial charge on any atom is -0.465 e. The number of nitrogens with one attached hydrogen (secondary N) is 3. The lowest BCUT2D eigenvalue weighted by molar-refractivity contribution is -0.119. The van der Waals surface area contributed by atoms with Crippen molar-refractivity contribution in [3.05, 3.63) is 42.0 Å². The van der Waals surface area contributed by atoms with Crippen LogP contribution in [0.2, 0.25) is 0 Å².